The lowest BCUT2D eigenvalue weighted by molar-refractivity contribution is -0.116. The Bertz CT molecular complexity index is 1010. The molecule has 0 unspecified atom stereocenters. The summed E-state index contributed by atoms with van der Waals surface area (Å²) in [5, 5.41) is 2.98. The van der Waals surface area contributed by atoms with Crippen LogP contribution in [0.25, 0.3) is 6.08 Å². The van der Waals surface area contributed by atoms with Crippen LogP contribution in [-0.4, -0.2) is 35.4 Å². The maximum atomic E-state index is 11.9. The van der Waals surface area contributed by atoms with Crippen LogP contribution in [0.4, 0.5) is 0 Å². The third-order valence-corrected chi connectivity index (χ3v) is 7.19. The number of unbranched alkanes of at least 4 members (excludes halogenated alkanes) is 3. The molecular formula is C32H39N3O. The number of aromatic nitrogens is 1. The Hall–Kier alpha value is -3.24. The maximum absolute atomic E-state index is 11.9. The molecule has 4 heteroatoms. The number of benzene rings is 2. The third-order valence-electron chi connectivity index (χ3n) is 7.19. The molecule has 1 aliphatic rings. The van der Waals surface area contributed by atoms with E-state index in [1.165, 1.54) is 49.7 Å². The summed E-state index contributed by atoms with van der Waals surface area (Å²) in [7, 11) is 0. The van der Waals surface area contributed by atoms with Crippen LogP contribution in [0.3, 0.4) is 0 Å². The number of nitrogens with one attached hydrogen (secondary N) is 1. The Morgan fingerprint density at radius 1 is 0.889 bits per heavy atom. The molecule has 0 atom stereocenters. The zero-order valence-electron chi connectivity index (χ0n) is 21.3. The molecule has 3 aromatic rings. The van der Waals surface area contributed by atoms with Crippen molar-refractivity contribution >= 4 is 12.0 Å². The Kier molecular flexibility index (Phi) is 10.3. The van der Waals surface area contributed by atoms with Crippen molar-refractivity contribution in [1.29, 1.82) is 0 Å². The van der Waals surface area contributed by atoms with Gasteiger partial charge in [-0.2, -0.15) is 0 Å². The number of hydrogen-bond donors (Lipinski definition) is 1. The van der Waals surface area contributed by atoms with Gasteiger partial charge in [-0.1, -0.05) is 92.4 Å². The summed E-state index contributed by atoms with van der Waals surface area (Å²) in [5.41, 5.74) is 3.72. The fourth-order valence-electron chi connectivity index (χ4n) is 5.21. The van der Waals surface area contributed by atoms with Gasteiger partial charge < -0.3 is 5.32 Å². The molecule has 0 saturated carbocycles. The van der Waals surface area contributed by atoms with Crippen LogP contribution in [0.2, 0.25) is 0 Å². The summed E-state index contributed by atoms with van der Waals surface area (Å²) in [4.78, 5) is 18.7. The van der Waals surface area contributed by atoms with Crippen molar-refractivity contribution in [1.82, 2.24) is 15.2 Å². The number of nitrogens with zero attached hydrogens (tertiary/aromatic N) is 2. The Morgan fingerprint density at radius 2 is 1.56 bits per heavy atom. The van der Waals surface area contributed by atoms with Crippen molar-refractivity contribution < 1.29 is 4.79 Å². The molecule has 1 amide bonds. The molecular weight excluding hydrogens is 442 g/mol. The number of hydrogen-bond acceptors (Lipinski definition) is 3. The molecule has 1 saturated heterocycles. The van der Waals surface area contributed by atoms with E-state index >= 15 is 0 Å². The van der Waals surface area contributed by atoms with Crippen LogP contribution in [0, 0.1) is 5.92 Å². The summed E-state index contributed by atoms with van der Waals surface area (Å²) < 4.78 is 0. The van der Waals surface area contributed by atoms with Crippen LogP contribution in [0.15, 0.2) is 91.3 Å². The largest absolute Gasteiger partial charge is 0.353 e. The Labute approximate surface area is 216 Å². The normalized spacial score (nSPS) is 14.9. The molecule has 36 heavy (non-hydrogen) atoms. The fourth-order valence-corrected chi connectivity index (χ4v) is 5.21. The predicted octanol–water partition coefficient (Wildman–Crippen LogP) is 6.66. The van der Waals surface area contributed by atoms with Gasteiger partial charge in [-0.25, -0.2) is 0 Å². The topological polar surface area (TPSA) is 45.2 Å². The number of likely N-dealkylation sites (tertiary alicyclic amines) is 1. The SMILES string of the molecule is O=C(/C=C\c1cccnc1)NCCCCCCC1CCN(C(c2ccccc2)c2ccccc2)CC1. The second kappa shape index (κ2) is 14.4. The lowest BCUT2D eigenvalue weighted by atomic mass is 9.88. The number of rotatable bonds is 12. The third kappa shape index (κ3) is 8.17. The first-order valence-electron chi connectivity index (χ1n) is 13.5. The zero-order valence-corrected chi connectivity index (χ0v) is 21.3. The van der Waals surface area contributed by atoms with Gasteiger partial charge in [-0.15, -0.1) is 0 Å². The number of pyridine rings is 1. The van der Waals surface area contributed by atoms with Gasteiger partial charge in [0.05, 0.1) is 6.04 Å². The van der Waals surface area contributed by atoms with Crippen molar-refractivity contribution in [3.8, 4) is 0 Å². The highest BCUT2D eigenvalue weighted by Crippen LogP contribution is 2.33. The fraction of sp³-hybridized carbons (Fsp3) is 0.375. The molecule has 0 bridgehead atoms. The molecule has 0 spiro atoms. The maximum Gasteiger partial charge on any atom is 0.243 e. The quantitative estimate of drug-likeness (QED) is 0.232. The molecule has 4 rings (SSSR count). The average molecular weight is 482 g/mol. The number of carbonyl (C=O) groups excluding carboxylic acids is 1. The van der Waals surface area contributed by atoms with E-state index in [1.807, 2.05) is 12.1 Å². The van der Waals surface area contributed by atoms with Gasteiger partial charge in [-0.3, -0.25) is 14.7 Å². The van der Waals surface area contributed by atoms with Crippen molar-refractivity contribution in [2.45, 2.75) is 51.0 Å². The van der Waals surface area contributed by atoms with Crippen LogP contribution in [0.5, 0.6) is 0 Å². The van der Waals surface area contributed by atoms with Crippen molar-refractivity contribution in [3.63, 3.8) is 0 Å². The monoisotopic (exact) mass is 481 g/mol. The van der Waals surface area contributed by atoms with E-state index < -0.39 is 0 Å². The molecule has 1 N–H and O–H groups in total. The van der Waals surface area contributed by atoms with Crippen LogP contribution < -0.4 is 5.32 Å². The van der Waals surface area contributed by atoms with E-state index in [2.05, 4.69) is 75.9 Å². The van der Waals surface area contributed by atoms with E-state index in [1.54, 1.807) is 24.5 Å². The highest BCUT2D eigenvalue weighted by molar-refractivity contribution is 5.91. The van der Waals surface area contributed by atoms with Gasteiger partial charge in [0, 0.05) is 25.0 Å². The van der Waals surface area contributed by atoms with E-state index in [4.69, 9.17) is 0 Å². The molecule has 0 aliphatic carbocycles. The lowest BCUT2D eigenvalue weighted by Crippen LogP contribution is -2.37. The summed E-state index contributed by atoms with van der Waals surface area (Å²) in [5.74, 6) is 0.806. The number of amides is 1. The lowest BCUT2D eigenvalue weighted by Gasteiger charge is -2.38. The first-order chi connectivity index (χ1) is 17.8. The number of piperidine rings is 1. The van der Waals surface area contributed by atoms with Gasteiger partial charge in [0.15, 0.2) is 0 Å². The highest BCUT2D eigenvalue weighted by Gasteiger charge is 2.27. The second-order valence-corrected chi connectivity index (χ2v) is 9.82. The van der Waals surface area contributed by atoms with Gasteiger partial charge in [-0.05, 0) is 67.1 Å². The average Bonchev–Trinajstić information content (AvgIpc) is 2.94. The summed E-state index contributed by atoms with van der Waals surface area (Å²) in [6, 6.07) is 26.1. The second-order valence-electron chi connectivity index (χ2n) is 9.82. The van der Waals surface area contributed by atoms with E-state index in [0.717, 1.165) is 37.5 Å². The van der Waals surface area contributed by atoms with Crippen LogP contribution in [-0.2, 0) is 4.79 Å². The Balaban J connectivity index is 1.11. The first kappa shape index (κ1) is 25.8. The van der Waals surface area contributed by atoms with E-state index in [9.17, 15) is 4.79 Å². The van der Waals surface area contributed by atoms with Crippen molar-refractivity contribution in [2.24, 2.45) is 5.92 Å². The van der Waals surface area contributed by atoms with Crippen LogP contribution in [0.1, 0.15) is 67.7 Å². The molecule has 4 nitrogen and oxygen atoms in total. The van der Waals surface area contributed by atoms with Gasteiger partial charge in [0.1, 0.15) is 0 Å². The summed E-state index contributed by atoms with van der Waals surface area (Å²) in [6.07, 6.45) is 15.5. The molecule has 188 valence electrons. The number of carbonyl (C=O) groups is 1. The molecule has 0 radical (unpaired) electrons. The minimum atomic E-state index is -0.0325. The van der Waals surface area contributed by atoms with Crippen molar-refractivity contribution in [3.05, 3.63) is 108 Å². The van der Waals surface area contributed by atoms with Crippen LogP contribution >= 0.6 is 0 Å². The standard InChI is InChI=1S/C32H39N3O/c36-31(19-18-28-13-11-22-33-26-28)34-23-10-2-1-5-12-27-20-24-35(25-21-27)32(29-14-6-3-7-15-29)30-16-8-4-9-17-30/h3-4,6-9,11,13-19,22,26-27,32H,1-2,5,10,12,20-21,23-25H2,(H,34,36)/b19-18-. The van der Waals surface area contributed by atoms with Gasteiger partial charge >= 0.3 is 0 Å². The smallest absolute Gasteiger partial charge is 0.243 e. The molecule has 2 aromatic carbocycles. The molecule has 1 aliphatic heterocycles. The minimum Gasteiger partial charge on any atom is -0.353 e. The molecule has 2 heterocycles. The summed E-state index contributed by atoms with van der Waals surface area (Å²) >= 11 is 0. The molecule has 1 aromatic heterocycles. The molecule has 1 fully saturated rings. The zero-order chi connectivity index (χ0) is 24.8. The van der Waals surface area contributed by atoms with Gasteiger partial charge in [0.25, 0.3) is 0 Å². The highest BCUT2D eigenvalue weighted by atomic mass is 16.1. The summed E-state index contributed by atoms with van der Waals surface area (Å²) in [6.45, 7) is 3.07. The van der Waals surface area contributed by atoms with E-state index in [0.29, 0.717) is 6.04 Å². The van der Waals surface area contributed by atoms with Crippen molar-refractivity contribution in [2.75, 3.05) is 19.6 Å². The minimum absolute atomic E-state index is 0.0325. The first-order valence-corrected chi connectivity index (χ1v) is 13.5. The van der Waals surface area contributed by atoms with Gasteiger partial charge in [0.2, 0.25) is 5.91 Å². The Morgan fingerprint density at radius 3 is 2.19 bits per heavy atom. The van der Waals surface area contributed by atoms with E-state index in [-0.39, 0.29) is 5.91 Å². The predicted molar refractivity (Wildman–Crippen MR) is 148 cm³/mol.